The van der Waals surface area contributed by atoms with Gasteiger partial charge in [-0.25, -0.2) is 14.2 Å². The normalized spacial score (nSPS) is 10.9. The van der Waals surface area contributed by atoms with E-state index in [1.54, 1.807) is 55.5 Å². The van der Waals surface area contributed by atoms with Crippen LogP contribution in [-0.2, 0) is 13.0 Å². The van der Waals surface area contributed by atoms with Crippen molar-refractivity contribution in [3.63, 3.8) is 0 Å². The van der Waals surface area contributed by atoms with Gasteiger partial charge in [0.15, 0.2) is 0 Å². The van der Waals surface area contributed by atoms with Crippen molar-refractivity contribution in [1.29, 1.82) is 0 Å². The van der Waals surface area contributed by atoms with Crippen molar-refractivity contribution < 1.29 is 19.1 Å². The van der Waals surface area contributed by atoms with Gasteiger partial charge in [0.2, 0.25) is 11.9 Å². The molecular formula is C24H25FN2O4. The number of halogens is 1. The van der Waals surface area contributed by atoms with Crippen LogP contribution >= 0.6 is 0 Å². The van der Waals surface area contributed by atoms with Gasteiger partial charge in [0.05, 0.1) is 17.8 Å². The number of hydrogen-bond donors (Lipinski definition) is 1. The molecule has 0 fully saturated rings. The summed E-state index contributed by atoms with van der Waals surface area (Å²) in [5.74, 6) is -2.33. The lowest BCUT2D eigenvalue weighted by molar-refractivity contribution is 0.0697. The molecule has 0 radical (unpaired) electrons. The number of rotatable bonds is 8. The third-order valence-electron chi connectivity index (χ3n) is 5.15. The standard InChI is InChI=1S/C24H25FN2O4/c1-3-7-20-22(25)27(21(28)8-4-2)24(31)26(20)15-16-11-13-17(14-12-16)18-9-5-6-10-19(18)23(29)30/h5-6,9-14H,3-4,7-8,15H2,1-2H3,(H,29,30). The number of nitrogens with zero attached hydrogens (tertiary/aromatic N) is 2. The predicted molar refractivity (Wildman–Crippen MR) is 116 cm³/mol. The molecule has 0 saturated heterocycles. The molecule has 0 unspecified atom stereocenters. The molecule has 0 aliphatic carbocycles. The van der Waals surface area contributed by atoms with E-state index >= 15 is 0 Å². The van der Waals surface area contributed by atoms with Crippen LogP contribution in [0, 0.1) is 5.95 Å². The van der Waals surface area contributed by atoms with Gasteiger partial charge in [-0.05, 0) is 35.6 Å². The molecule has 1 heterocycles. The summed E-state index contributed by atoms with van der Waals surface area (Å²) < 4.78 is 16.8. The highest BCUT2D eigenvalue weighted by molar-refractivity contribution is 5.96. The molecular weight excluding hydrogens is 399 g/mol. The van der Waals surface area contributed by atoms with Crippen LogP contribution in [0.5, 0.6) is 0 Å². The van der Waals surface area contributed by atoms with Crippen LogP contribution in [0.15, 0.2) is 53.3 Å². The number of carboxylic acid groups (broad SMARTS) is 1. The average Bonchev–Trinajstić information content (AvgIpc) is 2.98. The lowest BCUT2D eigenvalue weighted by atomic mass is 9.99. The molecule has 6 nitrogen and oxygen atoms in total. The van der Waals surface area contributed by atoms with Crippen LogP contribution in [0.2, 0.25) is 0 Å². The van der Waals surface area contributed by atoms with E-state index in [0.29, 0.717) is 29.4 Å². The second kappa shape index (κ2) is 9.55. The molecule has 31 heavy (non-hydrogen) atoms. The predicted octanol–water partition coefficient (Wildman–Crippen LogP) is 4.60. The number of carboxylic acids is 1. The highest BCUT2D eigenvalue weighted by atomic mass is 19.1. The average molecular weight is 424 g/mol. The van der Waals surface area contributed by atoms with Gasteiger partial charge in [-0.2, -0.15) is 4.39 Å². The van der Waals surface area contributed by atoms with E-state index in [-0.39, 0.29) is 24.2 Å². The summed E-state index contributed by atoms with van der Waals surface area (Å²) in [4.78, 5) is 36.5. The largest absolute Gasteiger partial charge is 0.478 e. The lowest BCUT2D eigenvalue weighted by Gasteiger charge is -2.09. The highest BCUT2D eigenvalue weighted by Crippen LogP contribution is 2.24. The Morgan fingerprint density at radius 1 is 1.00 bits per heavy atom. The van der Waals surface area contributed by atoms with Crippen molar-refractivity contribution in [1.82, 2.24) is 9.13 Å². The zero-order valence-corrected chi connectivity index (χ0v) is 17.6. The van der Waals surface area contributed by atoms with Crippen LogP contribution in [0.1, 0.15) is 59.5 Å². The number of aromatic nitrogens is 2. The molecule has 0 atom stereocenters. The minimum atomic E-state index is -1.01. The second-order valence-corrected chi connectivity index (χ2v) is 7.38. The summed E-state index contributed by atoms with van der Waals surface area (Å²) in [6, 6.07) is 13.8. The van der Waals surface area contributed by atoms with Crippen LogP contribution in [-0.4, -0.2) is 26.1 Å². The summed E-state index contributed by atoms with van der Waals surface area (Å²) in [6.07, 6.45) is 1.60. The minimum absolute atomic E-state index is 0.101. The quantitative estimate of drug-likeness (QED) is 0.573. The Morgan fingerprint density at radius 2 is 1.68 bits per heavy atom. The van der Waals surface area contributed by atoms with Crippen LogP contribution in [0.4, 0.5) is 4.39 Å². The van der Waals surface area contributed by atoms with Gasteiger partial charge < -0.3 is 5.11 Å². The third-order valence-corrected chi connectivity index (χ3v) is 5.15. The van der Waals surface area contributed by atoms with E-state index in [2.05, 4.69) is 0 Å². The van der Waals surface area contributed by atoms with Gasteiger partial charge in [0, 0.05) is 6.42 Å². The molecule has 0 amide bonds. The summed E-state index contributed by atoms with van der Waals surface area (Å²) >= 11 is 0. The SMILES string of the molecule is CCCC(=O)n1c(F)c(CCC)n(Cc2ccc(-c3ccccc3C(=O)O)cc2)c1=O. The number of aromatic carboxylic acids is 1. The van der Waals surface area contributed by atoms with Gasteiger partial charge >= 0.3 is 11.7 Å². The molecule has 162 valence electrons. The Kier molecular flexibility index (Phi) is 6.84. The third kappa shape index (κ3) is 4.50. The Morgan fingerprint density at radius 3 is 2.29 bits per heavy atom. The van der Waals surface area contributed by atoms with Gasteiger partial charge in [-0.1, -0.05) is 62.7 Å². The lowest BCUT2D eigenvalue weighted by Crippen LogP contribution is -2.30. The number of benzene rings is 2. The summed E-state index contributed by atoms with van der Waals surface area (Å²) in [5, 5.41) is 9.40. The summed E-state index contributed by atoms with van der Waals surface area (Å²) in [5.41, 5.74) is 1.82. The summed E-state index contributed by atoms with van der Waals surface area (Å²) in [6.45, 7) is 3.81. The van der Waals surface area contributed by atoms with E-state index in [1.165, 1.54) is 4.57 Å². The number of carbonyl (C=O) groups excluding carboxylic acids is 1. The minimum Gasteiger partial charge on any atom is -0.478 e. The fraction of sp³-hybridized carbons (Fsp3) is 0.292. The molecule has 7 heteroatoms. The first-order chi connectivity index (χ1) is 14.9. The van der Waals surface area contributed by atoms with Crippen molar-refractivity contribution in [3.8, 4) is 11.1 Å². The number of imidazole rings is 1. The first-order valence-electron chi connectivity index (χ1n) is 10.3. The Hall–Kier alpha value is -3.48. The Balaban J connectivity index is 1.97. The molecule has 2 aromatic carbocycles. The molecule has 3 rings (SSSR count). The van der Waals surface area contributed by atoms with Crippen molar-refractivity contribution in [2.45, 2.75) is 46.1 Å². The highest BCUT2D eigenvalue weighted by Gasteiger charge is 2.23. The van der Waals surface area contributed by atoms with E-state index in [1.807, 2.05) is 6.92 Å². The van der Waals surface area contributed by atoms with Crippen LogP contribution < -0.4 is 5.69 Å². The Bertz CT molecular complexity index is 1160. The molecule has 1 N–H and O–H groups in total. The van der Waals surface area contributed by atoms with Gasteiger partial charge in [-0.3, -0.25) is 9.36 Å². The molecule has 0 saturated carbocycles. The van der Waals surface area contributed by atoms with Crippen LogP contribution in [0.25, 0.3) is 11.1 Å². The van der Waals surface area contributed by atoms with E-state index in [4.69, 9.17) is 0 Å². The fourth-order valence-electron chi connectivity index (χ4n) is 3.63. The van der Waals surface area contributed by atoms with E-state index < -0.39 is 23.5 Å². The maximum atomic E-state index is 14.9. The van der Waals surface area contributed by atoms with Crippen molar-refractivity contribution in [2.24, 2.45) is 0 Å². The molecule has 0 aliphatic rings. The number of hydrogen-bond acceptors (Lipinski definition) is 3. The zero-order chi connectivity index (χ0) is 22.5. The smallest absolute Gasteiger partial charge is 0.337 e. The fourth-order valence-corrected chi connectivity index (χ4v) is 3.63. The molecule has 0 spiro atoms. The molecule has 0 aliphatic heterocycles. The number of carbonyl (C=O) groups is 2. The van der Waals surface area contributed by atoms with Gasteiger partial charge in [0.25, 0.3) is 0 Å². The first kappa shape index (κ1) is 22.2. The monoisotopic (exact) mass is 424 g/mol. The topological polar surface area (TPSA) is 81.3 Å². The zero-order valence-electron chi connectivity index (χ0n) is 17.6. The second-order valence-electron chi connectivity index (χ2n) is 7.38. The first-order valence-corrected chi connectivity index (χ1v) is 10.3. The maximum Gasteiger partial charge on any atom is 0.337 e. The van der Waals surface area contributed by atoms with E-state index in [9.17, 15) is 23.9 Å². The van der Waals surface area contributed by atoms with Crippen LogP contribution in [0.3, 0.4) is 0 Å². The van der Waals surface area contributed by atoms with Crippen molar-refractivity contribution in [3.05, 3.63) is 81.8 Å². The summed E-state index contributed by atoms with van der Waals surface area (Å²) in [7, 11) is 0. The van der Waals surface area contributed by atoms with Crippen molar-refractivity contribution in [2.75, 3.05) is 0 Å². The Labute approximate surface area is 179 Å². The van der Waals surface area contributed by atoms with E-state index in [0.717, 1.165) is 11.1 Å². The van der Waals surface area contributed by atoms with Gasteiger partial charge in [0.1, 0.15) is 0 Å². The molecule has 0 bridgehead atoms. The van der Waals surface area contributed by atoms with Gasteiger partial charge in [-0.15, -0.1) is 0 Å². The van der Waals surface area contributed by atoms with Crippen molar-refractivity contribution >= 4 is 11.9 Å². The maximum absolute atomic E-state index is 14.9. The molecule has 1 aromatic heterocycles. The molecule has 3 aromatic rings.